The number of nitrogens with one attached hydrogen (secondary N) is 2. The first-order chi connectivity index (χ1) is 15.9. The molecule has 0 spiro atoms. The maximum Gasteiger partial charge on any atom is 0.221 e. The summed E-state index contributed by atoms with van der Waals surface area (Å²) in [6, 6.07) is 12.4. The van der Waals surface area contributed by atoms with Gasteiger partial charge in [0.2, 0.25) is 11.8 Å². The Morgan fingerprint density at radius 3 is 2.58 bits per heavy atom. The molecule has 3 aromatic rings. The van der Waals surface area contributed by atoms with Gasteiger partial charge >= 0.3 is 0 Å². The molecule has 9 heteroatoms. The lowest BCUT2D eigenvalue weighted by Gasteiger charge is -2.16. The fourth-order valence-corrected chi connectivity index (χ4v) is 4.76. The zero-order valence-electron chi connectivity index (χ0n) is 17.7. The van der Waals surface area contributed by atoms with E-state index >= 15 is 4.39 Å². The highest BCUT2D eigenvalue weighted by atomic mass is 79.9. The Morgan fingerprint density at radius 1 is 1.18 bits per heavy atom. The van der Waals surface area contributed by atoms with E-state index in [1.807, 2.05) is 30.3 Å². The Bertz CT molecular complexity index is 1210. The summed E-state index contributed by atoms with van der Waals surface area (Å²) < 4.78 is 21.3. The molecule has 4 rings (SSSR count). The lowest BCUT2D eigenvalue weighted by molar-refractivity contribution is -0.119. The summed E-state index contributed by atoms with van der Waals surface area (Å²) in [6.07, 6.45) is 1.28. The average Bonchev–Trinajstić information content (AvgIpc) is 3.22. The number of benzene rings is 2. The van der Waals surface area contributed by atoms with Crippen LogP contribution in [0, 0.1) is 5.82 Å². The second kappa shape index (κ2) is 10.4. The molecule has 0 saturated carbocycles. The van der Waals surface area contributed by atoms with Crippen molar-refractivity contribution in [3.63, 3.8) is 0 Å². The molecule has 1 unspecified atom stereocenters. The highest BCUT2D eigenvalue weighted by Gasteiger charge is 2.22. The summed E-state index contributed by atoms with van der Waals surface area (Å²) in [5.74, 6) is -0.239. The number of amides is 1. The predicted octanol–water partition coefficient (Wildman–Crippen LogP) is 6.00. The molecule has 1 amide bonds. The van der Waals surface area contributed by atoms with Crippen LogP contribution in [0.15, 0.2) is 46.9 Å². The topological polar surface area (TPSA) is 63.2 Å². The summed E-state index contributed by atoms with van der Waals surface area (Å²) in [5.41, 5.74) is 2.70. The first kappa shape index (κ1) is 24.0. The number of methoxy groups -OCH3 is 1. The third kappa shape index (κ3) is 5.17. The molecule has 0 radical (unpaired) electrons. The van der Waals surface area contributed by atoms with Crippen LogP contribution in [-0.4, -0.2) is 30.6 Å². The molecule has 1 fully saturated rings. The molecule has 5 nitrogen and oxygen atoms in total. The molecule has 2 N–H and O–H groups in total. The Balaban J connectivity index is 1.62. The molecule has 1 aliphatic rings. The van der Waals surface area contributed by atoms with E-state index in [-0.39, 0.29) is 24.4 Å². The molecule has 33 heavy (non-hydrogen) atoms. The molecular formula is C24H21BrCl2FN3O2. The van der Waals surface area contributed by atoms with Gasteiger partial charge in [-0.2, -0.15) is 0 Å². The van der Waals surface area contributed by atoms with Gasteiger partial charge in [0.25, 0.3) is 0 Å². The number of carbonyl (C=O) groups excluding carboxylic acids is 1. The Kier molecular flexibility index (Phi) is 7.54. The first-order valence-corrected chi connectivity index (χ1v) is 11.9. The molecule has 1 atom stereocenters. The lowest BCUT2D eigenvalue weighted by atomic mass is 10.0. The SMILES string of the molecule is COc1nc(-c2cccc(-c3cccc(Br)c3Cl)c2Cl)cc(F)c1CNCC1CCC(=O)N1. The average molecular weight is 553 g/mol. The minimum absolute atomic E-state index is 0.0415. The monoisotopic (exact) mass is 551 g/mol. The minimum Gasteiger partial charge on any atom is -0.481 e. The van der Waals surface area contributed by atoms with Gasteiger partial charge in [0.1, 0.15) is 5.82 Å². The molecule has 0 bridgehead atoms. The van der Waals surface area contributed by atoms with Gasteiger partial charge in [-0.15, -0.1) is 0 Å². The van der Waals surface area contributed by atoms with E-state index < -0.39 is 5.82 Å². The van der Waals surface area contributed by atoms with E-state index in [0.717, 1.165) is 16.5 Å². The zero-order chi connectivity index (χ0) is 23.5. The number of ether oxygens (including phenoxy) is 1. The van der Waals surface area contributed by atoms with E-state index in [1.54, 1.807) is 6.07 Å². The van der Waals surface area contributed by atoms with Gasteiger partial charge in [0.15, 0.2) is 0 Å². The normalized spacial score (nSPS) is 15.5. The lowest BCUT2D eigenvalue weighted by Crippen LogP contribution is -2.35. The largest absolute Gasteiger partial charge is 0.481 e. The molecule has 2 aromatic carbocycles. The number of hydrogen-bond donors (Lipinski definition) is 2. The van der Waals surface area contributed by atoms with Crippen LogP contribution < -0.4 is 15.4 Å². The number of carbonyl (C=O) groups is 1. The van der Waals surface area contributed by atoms with E-state index in [4.69, 9.17) is 27.9 Å². The van der Waals surface area contributed by atoms with E-state index in [1.165, 1.54) is 13.2 Å². The van der Waals surface area contributed by atoms with Crippen molar-refractivity contribution in [2.24, 2.45) is 0 Å². The van der Waals surface area contributed by atoms with Gasteiger partial charge in [-0.1, -0.05) is 53.5 Å². The zero-order valence-corrected chi connectivity index (χ0v) is 20.8. The highest BCUT2D eigenvalue weighted by molar-refractivity contribution is 9.10. The van der Waals surface area contributed by atoms with E-state index in [2.05, 4.69) is 31.5 Å². The highest BCUT2D eigenvalue weighted by Crippen LogP contribution is 2.41. The van der Waals surface area contributed by atoms with Gasteiger partial charge in [-0.05, 0) is 28.4 Å². The van der Waals surface area contributed by atoms with Crippen LogP contribution in [0.3, 0.4) is 0 Å². The fraction of sp³-hybridized carbons (Fsp3) is 0.250. The van der Waals surface area contributed by atoms with E-state index in [0.29, 0.717) is 45.4 Å². The first-order valence-electron chi connectivity index (χ1n) is 10.4. The maximum absolute atomic E-state index is 15.1. The van der Waals surface area contributed by atoms with Gasteiger partial charge < -0.3 is 15.4 Å². The van der Waals surface area contributed by atoms with E-state index in [9.17, 15) is 4.79 Å². The summed E-state index contributed by atoms with van der Waals surface area (Å²) in [6.45, 7) is 0.757. The summed E-state index contributed by atoms with van der Waals surface area (Å²) in [5, 5.41) is 7.00. The number of aromatic nitrogens is 1. The van der Waals surface area contributed by atoms with Gasteiger partial charge in [0, 0.05) is 52.8 Å². The molecule has 2 heterocycles. The molecular weight excluding hydrogens is 532 g/mol. The van der Waals surface area contributed by atoms with Crippen molar-refractivity contribution in [1.29, 1.82) is 0 Å². The summed E-state index contributed by atoms with van der Waals surface area (Å²) >= 11 is 16.6. The van der Waals surface area contributed by atoms with Crippen LogP contribution in [-0.2, 0) is 11.3 Å². The third-order valence-electron chi connectivity index (χ3n) is 5.52. The van der Waals surface area contributed by atoms with Gasteiger partial charge in [-0.25, -0.2) is 9.37 Å². The Morgan fingerprint density at radius 2 is 1.88 bits per heavy atom. The molecule has 1 aliphatic heterocycles. The van der Waals surface area contributed by atoms with Crippen LogP contribution in [0.2, 0.25) is 10.0 Å². The minimum atomic E-state index is -0.457. The number of rotatable bonds is 7. The van der Waals surface area contributed by atoms with Crippen molar-refractivity contribution in [2.75, 3.05) is 13.7 Å². The molecule has 1 aromatic heterocycles. The fourth-order valence-electron chi connectivity index (χ4n) is 3.84. The summed E-state index contributed by atoms with van der Waals surface area (Å²) in [7, 11) is 1.45. The third-order valence-corrected chi connectivity index (χ3v) is 7.22. The van der Waals surface area contributed by atoms with Crippen LogP contribution in [0.4, 0.5) is 4.39 Å². The predicted molar refractivity (Wildman–Crippen MR) is 132 cm³/mol. The number of nitrogens with zero attached hydrogens (tertiary/aromatic N) is 1. The van der Waals surface area contributed by atoms with Crippen LogP contribution >= 0.6 is 39.1 Å². The van der Waals surface area contributed by atoms with Gasteiger partial charge in [0.05, 0.1) is 28.4 Å². The summed E-state index contributed by atoms with van der Waals surface area (Å²) in [4.78, 5) is 15.9. The second-order valence-electron chi connectivity index (χ2n) is 7.68. The quantitative estimate of drug-likeness (QED) is 0.377. The van der Waals surface area contributed by atoms with Crippen molar-refractivity contribution in [3.05, 3.63) is 68.4 Å². The Hall–Kier alpha value is -2.19. The maximum atomic E-state index is 15.1. The number of halogens is 4. The number of pyridine rings is 1. The number of hydrogen-bond acceptors (Lipinski definition) is 4. The standard InChI is InChI=1S/C24H21BrCl2FN3O2/c1-33-24-17(12-29-11-13-8-9-21(32)30-13)19(28)10-20(31-24)16-6-2-4-14(22(16)26)15-5-3-7-18(25)23(15)27/h2-7,10,13,29H,8-9,11-12H2,1H3,(H,30,32). The van der Waals surface area contributed by atoms with Crippen LogP contribution in [0.1, 0.15) is 18.4 Å². The van der Waals surface area contributed by atoms with Crippen LogP contribution in [0.5, 0.6) is 5.88 Å². The second-order valence-corrected chi connectivity index (χ2v) is 9.29. The van der Waals surface area contributed by atoms with Crippen molar-refractivity contribution in [1.82, 2.24) is 15.6 Å². The van der Waals surface area contributed by atoms with Crippen molar-refractivity contribution in [3.8, 4) is 28.3 Å². The van der Waals surface area contributed by atoms with Gasteiger partial charge in [-0.3, -0.25) is 4.79 Å². The Labute approximate surface area is 209 Å². The molecule has 0 aliphatic carbocycles. The van der Waals surface area contributed by atoms with Crippen molar-refractivity contribution < 1.29 is 13.9 Å². The van der Waals surface area contributed by atoms with Crippen molar-refractivity contribution in [2.45, 2.75) is 25.4 Å². The van der Waals surface area contributed by atoms with Crippen molar-refractivity contribution >= 4 is 45.0 Å². The van der Waals surface area contributed by atoms with Crippen LogP contribution in [0.25, 0.3) is 22.4 Å². The molecule has 172 valence electrons. The molecule has 1 saturated heterocycles. The smallest absolute Gasteiger partial charge is 0.221 e.